The fraction of sp³-hybridized carbons (Fsp3) is 0.200. The second-order valence-corrected chi connectivity index (χ2v) is 3.62. The monoisotopic (exact) mass is 202 g/mol. The number of nitrogens with zero attached hydrogens (tertiary/aromatic N) is 1. The fourth-order valence-corrected chi connectivity index (χ4v) is 1.91. The van der Waals surface area contributed by atoms with Gasteiger partial charge in [0.15, 0.2) is 5.82 Å². The molecular weight excluding hydrogens is 192 g/mol. The molecule has 3 N–H and O–H groups in total. The van der Waals surface area contributed by atoms with Crippen LogP contribution in [0.4, 0.5) is 5.69 Å². The van der Waals surface area contributed by atoms with Crippen molar-refractivity contribution in [3.05, 3.63) is 46.1 Å². The van der Waals surface area contributed by atoms with Gasteiger partial charge in [-0.3, -0.25) is 4.98 Å². The Morgan fingerprint density at radius 1 is 1.33 bits per heavy atom. The maximum Gasteiger partial charge on any atom is 0.340 e. The van der Waals surface area contributed by atoms with Gasteiger partial charge in [0.05, 0.1) is 6.04 Å². The van der Waals surface area contributed by atoms with Crippen molar-refractivity contribution in [2.45, 2.75) is 12.5 Å². The van der Waals surface area contributed by atoms with Gasteiger partial charge in [-0.25, -0.2) is 9.89 Å². The summed E-state index contributed by atoms with van der Waals surface area (Å²) in [6.07, 6.45) is 0.858. The molecule has 1 aliphatic heterocycles. The van der Waals surface area contributed by atoms with E-state index in [0.29, 0.717) is 5.82 Å². The van der Waals surface area contributed by atoms with Gasteiger partial charge in [-0.05, 0) is 11.6 Å². The lowest BCUT2D eigenvalue weighted by molar-refractivity contribution is 0.753. The van der Waals surface area contributed by atoms with Crippen molar-refractivity contribution in [3.8, 4) is 0 Å². The van der Waals surface area contributed by atoms with Crippen molar-refractivity contribution in [1.82, 2.24) is 15.2 Å². The molecule has 2 aromatic rings. The number of aromatic nitrogens is 3. The van der Waals surface area contributed by atoms with Crippen LogP contribution in [0.1, 0.15) is 17.4 Å². The van der Waals surface area contributed by atoms with E-state index in [1.165, 1.54) is 5.56 Å². The number of rotatable bonds is 1. The Hall–Kier alpha value is -2.04. The first kappa shape index (κ1) is 8.28. The van der Waals surface area contributed by atoms with E-state index in [2.05, 4.69) is 26.6 Å². The highest BCUT2D eigenvalue weighted by Gasteiger charge is 2.23. The molecule has 0 saturated heterocycles. The van der Waals surface area contributed by atoms with E-state index in [-0.39, 0.29) is 11.7 Å². The molecule has 0 spiro atoms. The summed E-state index contributed by atoms with van der Waals surface area (Å²) < 4.78 is 0. The molecule has 0 bridgehead atoms. The van der Waals surface area contributed by atoms with E-state index >= 15 is 0 Å². The summed E-state index contributed by atoms with van der Waals surface area (Å²) in [7, 11) is 0. The summed E-state index contributed by atoms with van der Waals surface area (Å²) in [5.41, 5.74) is 2.11. The van der Waals surface area contributed by atoms with Gasteiger partial charge >= 0.3 is 5.69 Å². The van der Waals surface area contributed by atoms with Crippen molar-refractivity contribution in [1.29, 1.82) is 0 Å². The van der Waals surface area contributed by atoms with Gasteiger partial charge in [-0.1, -0.05) is 18.2 Å². The molecule has 0 aliphatic carbocycles. The highest BCUT2D eigenvalue weighted by molar-refractivity contribution is 5.57. The van der Waals surface area contributed by atoms with Crippen LogP contribution >= 0.6 is 0 Å². The Morgan fingerprint density at radius 3 is 2.93 bits per heavy atom. The SMILES string of the molecule is O=c1[nH]nc([C@@H]2Cc3ccccc3N2)[nH]1. The number of fused-ring (bicyclic) bond motifs is 1. The molecule has 1 atom stereocenters. The predicted molar refractivity (Wildman–Crippen MR) is 55.7 cm³/mol. The van der Waals surface area contributed by atoms with E-state index in [1.807, 2.05) is 18.2 Å². The van der Waals surface area contributed by atoms with Crippen LogP contribution in [0.25, 0.3) is 0 Å². The minimum Gasteiger partial charge on any atom is -0.375 e. The number of aromatic amines is 2. The predicted octanol–water partition coefficient (Wildman–Crippen LogP) is 0.807. The third kappa shape index (κ3) is 1.32. The smallest absolute Gasteiger partial charge is 0.340 e. The van der Waals surface area contributed by atoms with Gasteiger partial charge in [0.25, 0.3) is 0 Å². The van der Waals surface area contributed by atoms with Crippen LogP contribution in [0.15, 0.2) is 29.1 Å². The van der Waals surface area contributed by atoms with Crippen LogP contribution in [0.3, 0.4) is 0 Å². The van der Waals surface area contributed by atoms with Crippen LogP contribution in [-0.4, -0.2) is 15.2 Å². The number of nitrogens with one attached hydrogen (secondary N) is 3. The van der Waals surface area contributed by atoms with Gasteiger partial charge in [0, 0.05) is 12.1 Å². The number of hydrogen-bond donors (Lipinski definition) is 3. The molecule has 0 unspecified atom stereocenters. The minimum absolute atomic E-state index is 0.0707. The standard InChI is InChI=1S/C10H10N4O/c15-10-12-9(13-14-10)8-5-6-3-1-2-4-7(6)11-8/h1-4,8,11H,5H2,(H2,12,13,14,15)/t8-/m0/s1. The number of benzene rings is 1. The first-order valence-electron chi connectivity index (χ1n) is 4.82. The van der Waals surface area contributed by atoms with E-state index in [9.17, 15) is 4.79 Å². The van der Waals surface area contributed by atoms with Crippen LogP contribution < -0.4 is 11.0 Å². The molecule has 1 aliphatic rings. The topological polar surface area (TPSA) is 73.6 Å². The normalized spacial score (nSPS) is 18.5. The fourth-order valence-electron chi connectivity index (χ4n) is 1.91. The number of hydrogen-bond acceptors (Lipinski definition) is 3. The van der Waals surface area contributed by atoms with Gasteiger partial charge in [0.1, 0.15) is 0 Å². The van der Waals surface area contributed by atoms with E-state index in [0.717, 1.165) is 12.1 Å². The maximum absolute atomic E-state index is 10.9. The molecule has 0 saturated carbocycles. The molecule has 5 nitrogen and oxygen atoms in total. The van der Waals surface area contributed by atoms with Crippen LogP contribution in [-0.2, 0) is 6.42 Å². The number of para-hydroxylation sites is 1. The maximum atomic E-state index is 10.9. The lowest BCUT2D eigenvalue weighted by atomic mass is 10.1. The zero-order valence-electron chi connectivity index (χ0n) is 7.95. The van der Waals surface area contributed by atoms with Gasteiger partial charge in [0.2, 0.25) is 0 Å². The molecule has 3 rings (SSSR count). The summed E-state index contributed by atoms with van der Waals surface area (Å²) in [6, 6.07) is 8.17. The molecule has 2 heterocycles. The Bertz CT molecular complexity index is 517. The van der Waals surface area contributed by atoms with Crippen LogP contribution in [0.2, 0.25) is 0 Å². The molecule has 5 heteroatoms. The third-order valence-corrected chi connectivity index (χ3v) is 2.62. The summed E-state index contributed by atoms with van der Waals surface area (Å²) in [4.78, 5) is 13.6. The molecule has 0 amide bonds. The molecule has 0 radical (unpaired) electrons. The summed E-state index contributed by atoms with van der Waals surface area (Å²) in [6.45, 7) is 0. The van der Waals surface area contributed by atoms with Crippen molar-refractivity contribution >= 4 is 5.69 Å². The van der Waals surface area contributed by atoms with E-state index in [1.54, 1.807) is 0 Å². The summed E-state index contributed by atoms with van der Waals surface area (Å²) in [5, 5.41) is 9.61. The van der Waals surface area contributed by atoms with Crippen LogP contribution in [0.5, 0.6) is 0 Å². The quantitative estimate of drug-likeness (QED) is 0.640. The average Bonchev–Trinajstić information content (AvgIpc) is 2.82. The molecule has 1 aromatic carbocycles. The van der Waals surface area contributed by atoms with Crippen molar-refractivity contribution < 1.29 is 0 Å². The molecular formula is C10H10N4O. The zero-order valence-corrected chi connectivity index (χ0v) is 7.95. The van der Waals surface area contributed by atoms with Crippen molar-refractivity contribution in [2.75, 3.05) is 5.32 Å². The van der Waals surface area contributed by atoms with E-state index in [4.69, 9.17) is 0 Å². The van der Waals surface area contributed by atoms with Crippen molar-refractivity contribution in [2.24, 2.45) is 0 Å². The third-order valence-electron chi connectivity index (χ3n) is 2.62. The average molecular weight is 202 g/mol. The first-order chi connectivity index (χ1) is 7.33. The molecule has 1 aromatic heterocycles. The summed E-state index contributed by atoms with van der Waals surface area (Å²) >= 11 is 0. The highest BCUT2D eigenvalue weighted by Crippen LogP contribution is 2.31. The number of H-pyrrole nitrogens is 2. The highest BCUT2D eigenvalue weighted by atomic mass is 16.1. The van der Waals surface area contributed by atoms with Crippen molar-refractivity contribution in [3.63, 3.8) is 0 Å². The van der Waals surface area contributed by atoms with Gasteiger partial charge < -0.3 is 5.32 Å². The Balaban J connectivity index is 1.93. The Morgan fingerprint density at radius 2 is 2.20 bits per heavy atom. The second-order valence-electron chi connectivity index (χ2n) is 3.62. The largest absolute Gasteiger partial charge is 0.375 e. The Kier molecular flexibility index (Phi) is 1.65. The lowest BCUT2D eigenvalue weighted by Gasteiger charge is -2.05. The molecule has 76 valence electrons. The minimum atomic E-state index is -0.261. The van der Waals surface area contributed by atoms with E-state index < -0.39 is 0 Å². The van der Waals surface area contributed by atoms with Gasteiger partial charge in [-0.15, -0.1) is 0 Å². The zero-order chi connectivity index (χ0) is 10.3. The lowest BCUT2D eigenvalue weighted by Crippen LogP contribution is -2.09. The Labute approximate surface area is 85.5 Å². The molecule has 0 fully saturated rings. The first-order valence-corrected chi connectivity index (χ1v) is 4.82. The second kappa shape index (κ2) is 2.98. The summed E-state index contributed by atoms with van der Waals surface area (Å²) in [5.74, 6) is 0.663. The van der Waals surface area contributed by atoms with Crippen LogP contribution in [0, 0.1) is 0 Å². The van der Waals surface area contributed by atoms with Gasteiger partial charge in [-0.2, -0.15) is 5.10 Å². The molecule has 15 heavy (non-hydrogen) atoms. The number of anilines is 1.